The van der Waals surface area contributed by atoms with Crippen molar-refractivity contribution in [3.05, 3.63) is 70.3 Å². The fourth-order valence-electron chi connectivity index (χ4n) is 2.23. The molecule has 0 atom stereocenters. The van der Waals surface area contributed by atoms with Gasteiger partial charge in [0.2, 0.25) is 9.84 Å². The Bertz CT molecular complexity index is 1310. The highest BCUT2D eigenvalue weighted by Crippen LogP contribution is 2.13. The first-order valence-electron chi connectivity index (χ1n) is 7.89. The molecule has 6 nitrogen and oxygen atoms in total. The van der Waals surface area contributed by atoms with Crippen molar-refractivity contribution in [3.8, 4) is 23.3 Å². The van der Waals surface area contributed by atoms with Crippen molar-refractivity contribution < 1.29 is 25.6 Å². The van der Waals surface area contributed by atoms with Gasteiger partial charge in [-0.15, -0.1) is 0 Å². The Hall–Kier alpha value is -3.26. The third kappa shape index (κ3) is 6.39. The minimum atomic E-state index is -4.41. The van der Waals surface area contributed by atoms with Crippen LogP contribution in [0.1, 0.15) is 22.3 Å². The first-order valence-corrected chi connectivity index (χ1v) is 11.4. The number of halogens is 2. The Morgan fingerprint density at radius 1 is 0.862 bits per heavy atom. The molecule has 0 aliphatic carbocycles. The van der Waals surface area contributed by atoms with Gasteiger partial charge in [0.15, 0.2) is 14.9 Å². The van der Waals surface area contributed by atoms with Gasteiger partial charge in [-0.05, 0) is 48.2 Å². The molecule has 0 spiro atoms. The predicted octanol–water partition coefficient (Wildman–Crippen LogP) is 2.05. The minimum absolute atomic E-state index is 0.0218. The van der Waals surface area contributed by atoms with Crippen LogP contribution in [0.5, 0.6) is 0 Å². The van der Waals surface area contributed by atoms with Gasteiger partial charge in [-0.1, -0.05) is 6.07 Å². The predicted molar refractivity (Wildman–Crippen MR) is 100 cm³/mol. The van der Waals surface area contributed by atoms with Crippen molar-refractivity contribution in [2.24, 2.45) is 0 Å². The van der Waals surface area contributed by atoms with Crippen LogP contribution < -0.4 is 0 Å². The van der Waals surface area contributed by atoms with E-state index in [0.29, 0.717) is 0 Å². The number of hydrogen-bond donors (Lipinski definition) is 0. The molecule has 0 bridgehead atoms. The number of nitrogens with zero attached hydrogens (tertiary/aromatic N) is 2. The second-order valence-corrected chi connectivity index (χ2v) is 10.2. The zero-order valence-electron chi connectivity index (χ0n) is 14.7. The summed E-state index contributed by atoms with van der Waals surface area (Å²) >= 11 is 0. The SMILES string of the molecule is N#Cc1ccc(C#CS(=O)(=O)CS(=O)(=O)CCc2ccc(C#N)cc2F)c(F)c1. The highest BCUT2D eigenvalue weighted by Gasteiger charge is 2.21. The molecule has 0 aromatic heterocycles. The summed E-state index contributed by atoms with van der Waals surface area (Å²) in [7, 11) is -8.57. The molecule has 0 saturated heterocycles. The molecule has 0 heterocycles. The fourth-order valence-corrected chi connectivity index (χ4v) is 5.62. The summed E-state index contributed by atoms with van der Waals surface area (Å²) < 4.78 is 75.7. The molecule has 0 fully saturated rings. The van der Waals surface area contributed by atoms with Gasteiger partial charge in [-0.3, -0.25) is 0 Å². The first-order chi connectivity index (χ1) is 13.5. The molecule has 2 rings (SSSR count). The lowest BCUT2D eigenvalue weighted by Gasteiger charge is -2.05. The summed E-state index contributed by atoms with van der Waals surface area (Å²) in [5, 5.41) is 17.8. The van der Waals surface area contributed by atoms with E-state index in [4.69, 9.17) is 10.5 Å². The van der Waals surface area contributed by atoms with Crippen LogP contribution in [-0.2, 0) is 26.1 Å². The van der Waals surface area contributed by atoms with Crippen LogP contribution in [-0.4, -0.2) is 27.7 Å². The standard InChI is InChI=1S/C19H12F2N2O4S2/c20-18-9-14(11-22)1-3-16(18)5-7-28(24,25)13-29(26,27)8-6-17-4-2-15(12-23)10-19(17)21/h1-4,9-10H,5,7,13H2. The molecular weight excluding hydrogens is 422 g/mol. The van der Waals surface area contributed by atoms with E-state index in [-0.39, 0.29) is 28.7 Å². The van der Waals surface area contributed by atoms with Gasteiger partial charge in [0.1, 0.15) is 11.6 Å². The van der Waals surface area contributed by atoms with Gasteiger partial charge < -0.3 is 0 Å². The van der Waals surface area contributed by atoms with Crippen molar-refractivity contribution in [2.45, 2.75) is 6.42 Å². The fraction of sp³-hybridized carbons (Fsp3) is 0.158. The van der Waals surface area contributed by atoms with Gasteiger partial charge in [0, 0.05) is 5.25 Å². The Kier molecular flexibility index (Phi) is 6.71. The van der Waals surface area contributed by atoms with Crippen LogP contribution >= 0.6 is 0 Å². The average Bonchev–Trinajstić information content (AvgIpc) is 2.65. The number of benzene rings is 2. The lowest BCUT2D eigenvalue weighted by atomic mass is 10.1. The quantitative estimate of drug-likeness (QED) is 0.665. The van der Waals surface area contributed by atoms with Gasteiger partial charge in [0.25, 0.3) is 0 Å². The maximum atomic E-state index is 13.8. The van der Waals surface area contributed by atoms with E-state index in [2.05, 4.69) is 0 Å². The van der Waals surface area contributed by atoms with Crippen molar-refractivity contribution in [1.29, 1.82) is 10.5 Å². The zero-order chi connectivity index (χ0) is 21.7. The average molecular weight is 434 g/mol. The molecular formula is C19H12F2N2O4S2. The number of sulfone groups is 2. The van der Waals surface area contributed by atoms with Crippen LogP contribution in [0.3, 0.4) is 0 Å². The normalized spacial score (nSPS) is 11.0. The Morgan fingerprint density at radius 3 is 2.00 bits per heavy atom. The second kappa shape index (κ2) is 8.83. The molecule has 0 amide bonds. The molecule has 0 aliphatic rings. The monoisotopic (exact) mass is 434 g/mol. The van der Waals surface area contributed by atoms with Crippen LogP contribution in [0, 0.1) is 45.5 Å². The molecule has 2 aromatic rings. The number of hydrogen-bond acceptors (Lipinski definition) is 6. The number of aryl methyl sites for hydroxylation is 1. The molecule has 0 N–H and O–H groups in total. The van der Waals surface area contributed by atoms with E-state index >= 15 is 0 Å². The van der Waals surface area contributed by atoms with Gasteiger partial charge in [-0.2, -0.15) is 10.5 Å². The topological polar surface area (TPSA) is 116 Å². The van der Waals surface area contributed by atoms with Crippen molar-refractivity contribution >= 4 is 19.7 Å². The van der Waals surface area contributed by atoms with Crippen LogP contribution in [0.4, 0.5) is 8.78 Å². The number of rotatable bonds is 5. The van der Waals surface area contributed by atoms with Crippen molar-refractivity contribution in [2.75, 3.05) is 10.8 Å². The van der Waals surface area contributed by atoms with Crippen LogP contribution in [0.2, 0.25) is 0 Å². The summed E-state index contributed by atoms with van der Waals surface area (Å²) in [6, 6.07) is 10.2. The Labute approximate surface area is 166 Å². The maximum Gasteiger partial charge on any atom is 0.231 e. The molecule has 29 heavy (non-hydrogen) atoms. The third-order valence-corrected chi connectivity index (χ3v) is 7.56. The molecule has 0 saturated carbocycles. The molecule has 0 aliphatic heterocycles. The molecule has 0 unspecified atom stereocenters. The zero-order valence-corrected chi connectivity index (χ0v) is 16.3. The minimum Gasteiger partial charge on any atom is -0.228 e. The highest BCUT2D eigenvalue weighted by molar-refractivity contribution is 8.10. The lowest BCUT2D eigenvalue weighted by Crippen LogP contribution is -2.19. The molecule has 10 heteroatoms. The van der Waals surface area contributed by atoms with Crippen molar-refractivity contribution in [1.82, 2.24) is 0 Å². The van der Waals surface area contributed by atoms with Gasteiger partial charge >= 0.3 is 0 Å². The van der Waals surface area contributed by atoms with E-state index in [1.807, 2.05) is 5.92 Å². The summed E-state index contributed by atoms with van der Waals surface area (Å²) in [6.07, 6.45) is -0.285. The molecule has 2 aromatic carbocycles. The van der Waals surface area contributed by atoms with E-state index in [0.717, 1.165) is 18.2 Å². The highest BCUT2D eigenvalue weighted by atomic mass is 32.3. The van der Waals surface area contributed by atoms with E-state index < -0.39 is 42.1 Å². The van der Waals surface area contributed by atoms with E-state index in [1.54, 1.807) is 17.4 Å². The van der Waals surface area contributed by atoms with Crippen molar-refractivity contribution in [3.63, 3.8) is 0 Å². The lowest BCUT2D eigenvalue weighted by molar-refractivity contribution is 0.590. The molecule has 0 radical (unpaired) electrons. The Morgan fingerprint density at radius 2 is 1.45 bits per heavy atom. The smallest absolute Gasteiger partial charge is 0.228 e. The summed E-state index contributed by atoms with van der Waals surface area (Å²) in [6.45, 7) is 0. The third-order valence-electron chi connectivity index (χ3n) is 3.64. The van der Waals surface area contributed by atoms with E-state index in [1.165, 1.54) is 18.2 Å². The maximum absolute atomic E-state index is 13.8. The van der Waals surface area contributed by atoms with Gasteiger partial charge in [0.05, 0.1) is 34.6 Å². The second-order valence-electron chi connectivity index (χ2n) is 5.88. The summed E-state index contributed by atoms with van der Waals surface area (Å²) in [5.74, 6) is -0.282. The summed E-state index contributed by atoms with van der Waals surface area (Å²) in [5.41, 5.74) is -0.184. The molecule has 148 valence electrons. The van der Waals surface area contributed by atoms with Crippen LogP contribution in [0.15, 0.2) is 36.4 Å². The van der Waals surface area contributed by atoms with Gasteiger partial charge in [-0.25, -0.2) is 25.6 Å². The summed E-state index contributed by atoms with van der Waals surface area (Å²) in [4.78, 5) is 0. The van der Waals surface area contributed by atoms with E-state index in [9.17, 15) is 25.6 Å². The largest absolute Gasteiger partial charge is 0.231 e. The Balaban J connectivity index is 2.12. The number of nitriles is 2. The first kappa shape index (κ1) is 22.0. The van der Waals surface area contributed by atoms with Crippen LogP contribution in [0.25, 0.3) is 0 Å².